The second-order valence-corrected chi connectivity index (χ2v) is 23.9. The van der Waals surface area contributed by atoms with Crippen molar-refractivity contribution < 1.29 is 76.1 Å². The van der Waals surface area contributed by atoms with Gasteiger partial charge in [0.05, 0.1) is 52.9 Å². The highest BCUT2D eigenvalue weighted by Crippen LogP contribution is 2.47. The molecule has 0 saturated carbocycles. The average Bonchev–Trinajstić information content (AvgIpc) is 1.78. The Labute approximate surface area is 556 Å². The minimum absolute atomic E-state index is 0.134. The zero-order chi connectivity index (χ0) is 65.0. The smallest absolute Gasteiger partial charge is 0.178 e. The van der Waals surface area contributed by atoms with E-state index in [9.17, 15) is 0 Å². The maximum absolute atomic E-state index is 6.34. The van der Waals surface area contributed by atoms with Crippen molar-refractivity contribution in [2.24, 2.45) is 0 Å². The van der Waals surface area contributed by atoms with E-state index >= 15 is 0 Å². The van der Waals surface area contributed by atoms with Crippen molar-refractivity contribution in [1.29, 1.82) is 0 Å². The molecule has 8 aromatic carbocycles. The van der Waals surface area contributed by atoms with Crippen LogP contribution in [0.15, 0.2) is 219 Å². The van der Waals surface area contributed by atoms with Crippen LogP contribution >= 0.6 is 0 Å². The molecule has 16 heteroatoms. The molecule has 4 saturated heterocycles. The van der Waals surface area contributed by atoms with Crippen LogP contribution in [0.1, 0.15) is 75.1 Å². The largest absolute Gasteiger partial charge is 0.491 e. The van der Waals surface area contributed by atoms with Gasteiger partial charge in [0.2, 0.25) is 0 Å². The van der Waals surface area contributed by atoms with Crippen LogP contribution in [0.3, 0.4) is 0 Å². The van der Waals surface area contributed by atoms with Crippen molar-refractivity contribution in [3.8, 4) is 46.0 Å². The molecule has 8 aromatic rings. The molecule has 8 atom stereocenters. The van der Waals surface area contributed by atoms with Crippen molar-refractivity contribution in [3.63, 3.8) is 0 Å². The van der Waals surface area contributed by atoms with Crippen LogP contribution in [0.2, 0.25) is 0 Å². The molecule has 0 bridgehead atoms. The fourth-order valence-corrected chi connectivity index (χ4v) is 11.4. The molecule has 4 fully saturated rings. The van der Waals surface area contributed by atoms with Gasteiger partial charge in [0.1, 0.15) is 111 Å². The summed E-state index contributed by atoms with van der Waals surface area (Å²) < 4.78 is 81.9. The first-order valence-corrected chi connectivity index (χ1v) is 32.7. The highest BCUT2D eigenvalue weighted by molar-refractivity contribution is 5.51. The number of rotatable bonds is 42. The van der Waals surface area contributed by atoms with Gasteiger partial charge in [-0.15, -0.1) is 13.2 Å². The van der Waals surface area contributed by atoms with Crippen LogP contribution in [0.25, 0.3) is 0 Å². The quantitative estimate of drug-likeness (QED) is 0.0154. The summed E-state index contributed by atoms with van der Waals surface area (Å²) in [6, 6.07) is 66.4. The zero-order valence-corrected chi connectivity index (χ0v) is 54.0. The lowest BCUT2D eigenvalue weighted by molar-refractivity contribution is -0.0999. The molecular formula is C79H84O16. The fraction of sp³-hybridized carbons (Fsp3) is 0.342. The maximum atomic E-state index is 6.34. The first-order chi connectivity index (χ1) is 46.8. The number of hydrogen-bond donors (Lipinski definition) is 0. The fourth-order valence-electron chi connectivity index (χ4n) is 11.4. The Balaban J connectivity index is 0.826. The standard InChI is InChI=1S/C79H84O16/c1-5-40-82-70(42-80-4)44-84-62-24-8-58(9-25-62)78(76(54-12-28-64(29-13-54)86-46-72-50-90-72)55-14-30-65(31-15-55)87-47-73-51-91-73)60-20-36-68(37-21-60)94-95-69-38-22-61(23-39-69)79(59-10-26-63(27-11-59)85-45-71(43-81-7-3)83-41-6-2)77(56-16-32-66(33-17-56)88-48-74-52-92-74)57-18-34-67(35-19-57)89-49-75-53-93-75/h5-6,8-39,70-79H,1-2,7,40-53H2,3-4H3/t70?,71-,72?,73?,74?,75?,76?,77?,78?,79?/m0/s1. The summed E-state index contributed by atoms with van der Waals surface area (Å²) in [5, 5.41) is 0. The summed E-state index contributed by atoms with van der Waals surface area (Å²) in [5.74, 6) is 4.83. The molecule has 7 unspecified atom stereocenters. The molecule has 4 aliphatic rings. The molecule has 0 amide bonds. The van der Waals surface area contributed by atoms with Crippen LogP contribution < -0.4 is 38.2 Å². The number of benzene rings is 8. The molecule has 0 radical (unpaired) electrons. The van der Waals surface area contributed by atoms with Crippen molar-refractivity contribution in [1.82, 2.24) is 0 Å². The zero-order valence-electron chi connectivity index (χ0n) is 54.0. The monoisotopic (exact) mass is 1290 g/mol. The van der Waals surface area contributed by atoms with Gasteiger partial charge in [0.15, 0.2) is 11.5 Å². The van der Waals surface area contributed by atoms with Crippen LogP contribution in [0.4, 0.5) is 0 Å². The highest BCUT2D eigenvalue weighted by Gasteiger charge is 2.33. The van der Waals surface area contributed by atoms with E-state index in [1.807, 2.05) is 104 Å². The second kappa shape index (κ2) is 33.6. The van der Waals surface area contributed by atoms with Gasteiger partial charge in [-0.05, 0) is 148 Å². The van der Waals surface area contributed by atoms with Crippen molar-refractivity contribution in [2.75, 3.05) is 106 Å². The van der Waals surface area contributed by atoms with Gasteiger partial charge in [-0.25, -0.2) is 0 Å². The van der Waals surface area contributed by atoms with Gasteiger partial charge in [0, 0.05) is 37.4 Å². The third-order valence-corrected chi connectivity index (χ3v) is 16.8. The van der Waals surface area contributed by atoms with Gasteiger partial charge in [-0.2, -0.15) is 0 Å². The molecule has 0 aliphatic carbocycles. The summed E-state index contributed by atoms with van der Waals surface area (Å²) in [5.41, 5.74) is 8.61. The summed E-state index contributed by atoms with van der Waals surface area (Å²) in [4.78, 5) is 12.4. The van der Waals surface area contributed by atoms with Crippen molar-refractivity contribution in [2.45, 2.75) is 67.2 Å². The van der Waals surface area contributed by atoms with E-state index in [0.29, 0.717) is 95.7 Å². The average molecular weight is 1290 g/mol. The third kappa shape index (κ3) is 19.7. The molecule has 0 spiro atoms. The van der Waals surface area contributed by atoms with E-state index in [1.54, 1.807) is 19.3 Å². The SMILES string of the molecule is C=CCOC(COC)COc1ccc(C(c2ccc(OOc3ccc(C(c4ccc(OC[C@H](COCC)OCC=C)cc4)C(c4ccc(OCC5CO5)cc4)c4ccc(OCC5CO5)cc4)cc3)cc2)C(c2ccc(OCC3CO3)cc2)c2ccc(OCC3CO3)cc2)cc1. The van der Waals surface area contributed by atoms with E-state index < -0.39 is 0 Å². The van der Waals surface area contributed by atoms with Gasteiger partial charge in [-0.1, -0.05) is 109 Å². The van der Waals surface area contributed by atoms with E-state index in [1.165, 1.54) is 0 Å². The molecule has 0 aromatic heterocycles. The van der Waals surface area contributed by atoms with E-state index in [-0.39, 0.29) is 60.3 Å². The minimum atomic E-state index is -0.265. The number of ether oxygens (including phenoxy) is 14. The molecular weight excluding hydrogens is 1200 g/mol. The molecule has 4 heterocycles. The Hall–Kier alpha value is -8.68. The Morgan fingerprint density at radius 3 is 0.789 bits per heavy atom. The molecule has 496 valence electrons. The lowest BCUT2D eigenvalue weighted by Crippen LogP contribution is -2.27. The lowest BCUT2D eigenvalue weighted by atomic mass is 9.73. The summed E-state index contributed by atoms with van der Waals surface area (Å²) in [7, 11) is 1.65. The normalized spacial score (nSPS) is 18.5. The number of methoxy groups -OCH3 is 1. The summed E-state index contributed by atoms with van der Waals surface area (Å²) >= 11 is 0. The van der Waals surface area contributed by atoms with Crippen LogP contribution in [-0.2, 0) is 37.9 Å². The van der Waals surface area contributed by atoms with Gasteiger partial charge < -0.3 is 66.3 Å². The Bertz CT molecular complexity index is 3470. The van der Waals surface area contributed by atoms with E-state index in [0.717, 1.165) is 93.9 Å². The summed E-state index contributed by atoms with van der Waals surface area (Å²) in [6.45, 7) is 17.3. The Kier molecular flexibility index (Phi) is 23.5. The predicted molar refractivity (Wildman–Crippen MR) is 360 cm³/mol. The molecule has 0 N–H and O–H groups in total. The van der Waals surface area contributed by atoms with E-state index in [4.69, 9.17) is 76.1 Å². The highest BCUT2D eigenvalue weighted by atomic mass is 17.2. The van der Waals surface area contributed by atoms with Crippen LogP contribution in [0.5, 0.6) is 46.0 Å². The van der Waals surface area contributed by atoms with Gasteiger partial charge >= 0.3 is 0 Å². The first kappa shape index (κ1) is 66.3. The van der Waals surface area contributed by atoms with Crippen LogP contribution in [-0.4, -0.2) is 143 Å². The first-order valence-electron chi connectivity index (χ1n) is 32.7. The number of hydrogen-bond acceptors (Lipinski definition) is 16. The topological polar surface area (TPSA) is 161 Å². The van der Waals surface area contributed by atoms with Gasteiger partial charge in [-0.3, -0.25) is 9.78 Å². The minimum Gasteiger partial charge on any atom is -0.491 e. The predicted octanol–water partition coefficient (Wildman–Crippen LogP) is 13.7. The third-order valence-electron chi connectivity index (χ3n) is 16.8. The maximum Gasteiger partial charge on any atom is 0.178 e. The second-order valence-electron chi connectivity index (χ2n) is 23.9. The molecule has 95 heavy (non-hydrogen) atoms. The van der Waals surface area contributed by atoms with Crippen molar-refractivity contribution in [3.05, 3.63) is 264 Å². The van der Waals surface area contributed by atoms with Crippen molar-refractivity contribution >= 4 is 0 Å². The van der Waals surface area contributed by atoms with Crippen LogP contribution in [0, 0.1) is 0 Å². The van der Waals surface area contributed by atoms with Gasteiger partial charge in [0.25, 0.3) is 0 Å². The molecule has 16 nitrogen and oxygen atoms in total. The molecule has 12 rings (SSSR count). The number of epoxide rings is 4. The molecule has 4 aliphatic heterocycles. The Morgan fingerprint density at radius 1 is 0.337 bits per heavy atom. The Morgan fingerprint density at radius 2 is 0.568 bits per heavy atom. The lowest BCUT2D eigenvalue weighted by Gasteiger charge is -2.30. The van der Waals surface area contributed by atoms with E-state index in [2.05, 4.69) is 110 Å². The summed E-state index contributed by atoms with van der Waals surface area (Å²) in [6.07, 6.45) is 3.46.